The van der Waals surface area contributed by atoms with E-state index < -0.39 is 16.7 Å². The molecule has 2 aromatic carbocycles. The maximum Gasteiger partial charge on any atom is 0.307 e. The van der Waals surface area contributed by atoms with Crippen molar-refractivity contribution in [2.75, 3.05) is 5.73 Å². The summed E-state index contributed by atoms with van der Waals surface area (Å²) in [5, 5.41) is 10.7. The molecule has 0 unspecified atom stereocenters. The average molecular weight is 469 g/mol. The smallest absolute Gasteiger partial charge is 0.307 e. The third-order valence-corrected chi connectivity index (χ3v) is 5.91. The molecule has 0 aliphatic carbocycles. The van der Waals surface area contributed by atoms with Gasteiger partial charge in [-0.1, -0.05) is 24.3 Å². The number of amides is 2. The highest BCUT2D eigenvalue weighted by Crippen LogP contribution is 2.33. The van der Waals surface area contributed by atoms with Crippen LogP contribution in [0.3, 0.4) is 0 Å². The lowest BCUT2D eigenvalue weighted by atomic mass is 10.1. The summed E-state index contributed by atoms with van der Waals surface area (Å²) in [5.74, 6) is -0.964. The Balaban J connectivity index is 0.000000182. The van der Waals surface area contributed by atoms with Gasteiger partial charge in [0.15, 0.2) is 0 Å². The number of anilines is 1. The van der Waals surface area contributed by atoms with Crippen molar-refractivity contribution in [3.05, 3.63) is 82.2 Å². The first kappa shape index (κ1) is 22.5. The molecule has 10 nitrogen and oxygen atoms in total. The number of nitro groups is 1. The number of nitrogens with two attached hydrogens (primary N) is 3. The molecule has 4 rings (SSSR count). The van der Waals surface area contributed by atoms with E-state index in [0.29, 0.717) is 27.3 Å². The summed E-state index contributed by atoms with van der Waals surface area (Å²) in [6.07, 6.45) is 2.82. The molecule has 0 aliphatic heterocycles. The van der Waals surface area contributed by atoms with Gasteiger partial charge >= 0.3 is 5.69 Å². The van der Waals surface area contributed by atoms with E-state index in [9.17, 15) is 19.7 Å². The van der Waals surface area contributed by atoms with Crippen LogP contribution in [0.5, 0.6) is 0 Å². The Bertz CT molecular complexity index is 1270. The van der Waals surface area contributed by atoms with Crippen molar-refractivity contribution in [3.63, 3.8) is 0 Å². The van der Waals surface area contributed by atoms with Crippen LogP contribution in [0.2, 0.25) is 0 Å². The molecule has 0 fully saturated rings. The van der Waals surface area contributed by atoms with E-state index in [1.165, 1.54) is 29.9 Å². The first-order chi connectivity index (χ1) is 15.3. The van der Waals surface area contributed by atoms with Gasteiger partial charge in [0.25, 0.3) is 0 Å². The summed E-state index contributed by atoms with van der Waals surface area (Å²) in [6, 6.07) is 13.3. The lowest BCUT2D eigenvalue weighted by molar-refractivity contribution is -0.384. The number of nitrogens with zero attached hydrogens (tertiary/aromatic N) is 3. The van der Waals surface area contributed by atoms with Gasteiger partial charge in [-0.25, -0.2) is 0 Å². The zero-order chi connectivity index (χ0) is 23.3. The minimum Gasteiger partial charge on any atom is -0.396 e. The molecular weight excluding hydrogens is 452 g/mol. The zero-order valence-electron chi connectivity index (χ0n) is 16.3. The Morgan fingerprint density at radius 1 is 0.781 bits per heavy atom. The first-order valence-corrected chi connectivity index (χ1v) is 10.4. The standard InChI is InChI=1S/C10H7N3O3S.C10H9N3OS/c11-10(14)7-3-1-6(2-4-7)9-8(13(15)16)5-12-17-9;11-8-5-13-15-9(8)6-1-3-7(4-2-6)10(12)14/h1-5H,(H2,11,14);1-5H,11H2,(H2,12,14). The molecule has 0 spiro atoms. The Hall–Kier alpha value is -4.16. The third kappa shape index (κ3) is 5.11. The molecule has 12 heteroatoms. The normalized spacial score (nSPS) is 10.1. The second-order valence-corrected chi connectivity index (χ2v) is 7.89. The predicted octanol–water partition coefficient (Wildman–Crippen LogP) is 3.31. The Morgan fingerprint density at radius 2 is 1.22 bits per heavy atom. The molecule has 32 heavy (non-hydrogen) atoms. The van der Waals surface area contributed by atoms with E-state index >= 15 is 0 Å². The van der Waals surface area contributed by atoms with E-state index in [2.05, 4.69) is 8.75 Å². The summed E-state index contributed by atoms with van der Waals surface area (Å²) >= 11 is 2.36. The summed E-state index contributed by atoms with van der Waals surface area (Å²) in [5.41, 5.74) is 19.0. The van der Waals surface area contributed by atoms with Gasteiger partial charge in [0.2, 0.25) is 11.8 Å². The Morgan fingerprint density at radius 3 is 1.62 bits per heavy atom. The number of rotatable bonds is 5. The lowest BCUT2D eigenvalue weighted by Crippen LogP contribution is -2.10. The number of nitrogen functional groups attached to an aromatic ring is 1. The average Bonchev–Trinajstić information content (AvgIpc) is 3.43. The van der Waals surface area contributed by atoms with Crippen molar-refractivity contribution < 1.29 is 14.5 Å². The van der Waals surface area contributed by atoms with Crippen molar-refractivity contribution in [2.45, 2.75) is 0 Å². The van der Waals surface area contributed by atoms with Crippen LogP contribution in [0.4, 0.5) is 11.4 Å². The quantitative estimate of drug-likeness (QED) is 0.296. The molecule has 0 saturated heterocycles. The van der Waals surface area contributed by atoms with Gasteiger partial charge < -0.3 is 17.2 Å². The maximum atomic E-state index is 10.9. The van der Waals surface area contributed by atoms with Gasteiger partial charge in [-0.05, 0) is 52.9 Å². The third-order valence-electron chi connectivity index (χ3n) is 4.21. The SMILES string of the molecule is NC(=O)c1ccc(-c2sncc2N)cc1.NC(=O)c1ccc(-c2sncc2[N+](=O)[O-])cc1. The van der Waals surface area contributed by atoms with E-state index in [-0.39, 0.29) is 5.69 Å². The van der Waals surface area contributed by atoms with Crippen LogP contribution < -0.4 is 17.2 Å². The number of carbonyl (C=O) groups is 2. The number of hydrogen-bond donors (Lipinski definition) is 3. The monoisotopic (exact) mass is 468 g/mol. The number of benzene rings is 2. The number of carbonyl (C=O) groups excluding carboxylic acids is 2. The molecule has 0 atom stereocenters. The van der Waals surface area contributed by atoms with Crippen molar-refractivity contribution in [3.8, 4) is 20.9 Å². The van der Waals surface area contributed by atoms with Crippen molar-refractivity contribution in [1.82, 2.24) is 8.75 Å². The molecule has 0 radical (unpaired) electrons. The Labute approximate surface area is 189 Å². The predicted molar refractivity (Wildman–Crippen MR) is 123 cm³/mol. The summed E-state index contributed by atoms with van der Waals surface area (Å²) in [4.78, 5) is 33.3. The fourth-order valence-corrected chi connectivity index (χ4v) is 3.99. The first-order valence-electron chi connectivity index (χ1n) is 8.87. The van der Waals surface area contributed by atoms with Crippen LogP contribution in [0.15, 0.2) is 60.9 Å². The van der Waals surface area contributed by atoms with Crippen LogP contribution >= 0.6 is 23.1 Å². The molecule has 0 bridgehead atoms. The molecule has 162 valence electrons. The minimum atomic E-state index is -0.532. The molecule has 6 N–H and O–H groups in total. The Kier molecular flexibility index (Phi) is 6.87. The molecule has 2 aromatic heterocycles. The van der Waals surface area contributed by atoms with E-state index in [1.807, 2.05) is 12.1 Å². The largest absolute Gasteiger partial charge is 0.396 e. The minimum absolute atomic E-state index is 0.0400. The molecular formula is C20H16N6O4S2. The van der Waals surface area contributed by atoms with Crippen molar-refractivity contribution in [2.24, 2.45) is 11.5 Å². The zero-order valence-corrected chi connectivity index (χ0v) is 17.9. The number of primary amides is 2. The lowest BCUT2D eigenvalue weighted by Gasteiger charge is -1.99. The highest BCUT2D eigenvalue weighted by Gasteiger charge is 2.18. The summed E-state index contributed by atoms with van der Waals surface area (Å²) in [6.45, 7) is 0. The highest BCUT2D eigenvalue weighted by atomic mass is 32.1. The van der Waals surface area contributed by atoms with Crippen LogP contribution in [0.25, 0.3) is 20.9 Å². The maximum absolute atomic E-state index is 10.9. The molecule has 2 amide bonds. The molecule has 4 aromatic rings. The van der Waals surface area contributed by atoms with Gasteiger partial charge in [-0.15, -0.1) is 0 Å². The summed E-state index contributed by atoms with van der Waals surface area (Å²) in [7, 11) is 0. The fraction of sp³-hybridized carbons (Fsp3) is 0. The van der Waals surface area contributed by atoms with Gasteiger partial charge in [0.05, 0.1) is 21.7 Å². The number of hydrogen-bond acceptors (Lipinski definition) is 9. The van der Waals surface area contributed by atoms with Crippen LogP contribution in [0.1, 0.15) is 20.7 Å². The molecule has 0 aliphatic rings. The van der Waals surface area contributed by atoms with Crippen LogP contribution in [-0.2, 0) is 0 Å². The second-order valence-electron chi connectivity index (χ2n) is 6.29. The fourth-order valence-electron chi connectivity index (χ4n) is 2.60. The van der Waals surface area contributed by atoms with Crippen LogP contribution in [0, 0.1) is 10.1 Å². The van der Waals surface area contributed by atoms with E-state index in [0.717, 1.165) is 22.0 Å². The van der Waals surface area contributed by atoms with E-state index in [1.54, 1.807) is 30.5 Å². The van der Waals surface area contributed by atoms with Gasteiger partial charge in [-0.2, -0.15) is 8.75 Å². The number of aromatic nitrogens is 2. The summed E-state index contributed by atoms with van der Waals surface area (Å²) < 4.78 is 7.77. The second kappa shape index (κ2) is 9.76. The van der Waals surface area contributed by atoms with Gasteiger partial charge in [0.1, 0.15) is 11.1 Å². The van der Waals surface area contributed by atoms with Crippen molar-refractivity contribution >= 4 is 46.3 Å². The topological polar surface area (TPSA) is 181 Å². The van der Waals surface area contributed by atoms with Gasteiger partial charge in [0, 0.05) is 16.7 Å². The van der Waals surface area contributed by atoms with E-state index in [4.69, 9.17) is 17.2 Å². The molecule has 0 saturated carbocycles. The highest BCUT2D eigenvalue weighted by molar-refractivity contribution is 7.10. The molecule has 2 heterocycles. The van der Waals surface area contributed by atoms with Gasteiger partial charge in [-0.3, -0.25) is 19.7 Å². The van der Waals surface area contributed by atoms with Crippen LogP contribution in [-0.4, -0.2) is 25.5 Å². The van der Waals surface area contributed by atoms with Crippen molar-refractivity contribution in [1.29, 1.82) is 0 Å².